The van der Waals surface area contributed by atoms with E-state index < -0.39 is 11.7 Å². The van der Waals surface area contributed by atoms with Gasteiger partial charge in [0.2, 0.25) is 5.91 Å². The van der Waals surface area contributed by atoms with Gasteiger partial charge in [-0.1, -0.05) is 0 Å². The Morgan fingerprint density at radius 2 is 2.15 bits per heavy atom. The van der Waals surface area contributed by atoms with Crippen molar-refractivity contribution in [1.82, 2.24) is 19.8 Å². The van der Waals surface area contributed by atoms with E-state index in [1.165, 1.54) is 20.0 Å². The maximum atomic E-state index is 12.6. The van der Waals surface area contributed by atoms with Gasteiger partial charge in [-0.15, -0.1) is 0 Å². The molecule has 2 amide bonds. The summed E-state index contributed by atoms with van der Waals surface area (Å²) in [4.78, 5) is 31.0. The monoisotopic (exact) mass is 362 g/mol. The van der Waals surface area contributed by atoms with Crippen LogP contribution >= 0.6 is 0 Å². The molecule has 1 aromatic rings. The summed E-state index contributed by atoms with van der Waals surface area (Å²) in [5, 5.41) is 3.02. The Hall–Kier alpha value is -1.93. The standard InChI is InChI=1S/C18H26N4O4/c1-25-12-15(23)21-7-4-18(5-8-21)17-19-6-9-22(17)11-14(26-18)16(24)20-10-13-2-3-13/h6,9,13-14H,2-5,7-8,10-12H2,1H3,(H,20,24)/t14-/m1/s1. The molecule has 4 rings (SSSR count). The first kappa shape index (κ1) is 17.5. The van der Waals surface area contributed by atoms with E-state index in [4.69, 9.17) is 9.47 Å². The van der Waals surface area contributed by atoms with E-state index in [1.807, 2.05) is 10.8 Å². The van der Waals surface area contributed by atoms with Gasteiger partial charge in [0.1, 0.15) is 18.0 Å². The molecule has 0 aromatic carbocycles. The smallest absolute Gasteiger partial charge is 0.251 e. The van der Waals surface area contributed by atoms with Crippen molar-refractivity contribution in [2.24, 2.45) is 5.92 Å². The first-order valence-corrected chi connectivity index (χ1v) is 9.35. The Morgan fingerprint density at radius 3 is 2.85 bits per heavy atom. The predicted molar refractivity (Wildman–Crippen MR) is 92.2 cm³/mol. The molecule has 2 aliphatic heterocycles. The third-order valence-electron chi connectivity index (χ3n) is 5.60. The Bertz CT molecular complexity index is 676. The molecule has 1 spiro atoms. The van der Waals surface area contributed by atoms with Gasteiger partial charge in [0.15, 0.2) is 6.10 Å². The number of amides is 2. The topological polar surface area (TPSA) is 85.7 Å². The molecule has 1 saturated carbocycles. The first-order chi connectivity index (χ1) is 12.6. The van der Waals surface area contributed by atoms with Gasteiger partial charge >= 0.3 is 0 Å². The summed E-state index contributed by atoms with van der Waals surface area (Å²) < 4.78 is 13.3. The molecule has 8 heteroatoms. The highest BCUT2D eigenvalue weighted by atomic mass is 16.5. The lowest BCUT2D eigenvalue weighted by atomic mass is 9.88. The molecule has 1 saturated heterocycles. The van der Waals surface area contributed by atoms with Gasteiger partial charge in [-0.3, -0.25) is 9.59 Å². The lowest BCUT2D eigenvalue weighted by Gasteiger charge is -2.45. The number of carbonyl (C=O) groups excluding carboxylic acids is 2. The largest absolute Gasteiger partial charge is 0.375 e. The number of ether oxygens (including phenoxy) is 2. The molecule has 142 valence electrons. The zero-order valence-electron chi connectivity index (χ0n) is 15.1. The number of nitrogens with zero attached hydrogens (tertiary/aromatic N) is 3. The number of carbonyl (C=O) groups is 2. The number of aromatic nitrogens is 2. The summed E-state index contributed by atoms with van der Waals surface area (Å²) in [5.41, 5.74) is -0.604. The predicted octanol–water partition coefficient (Wildman–Crippen LogP) is 0.272. The van der Waals surface area contributed by atoms with Crippen LogP contribution in [0.4, 0.5) is 0 Å². The van der Waals surface area contributed by atoms with Crippen molar-refractivity contribution in [2.45, 2.75) is 43.9 Å². The minimum absolute atomic E-state index is 0.0137. The van der Waals surface area contributed by atoms with E-state index in [2.05, 4.69) is 10.3 Å². The van der Waals surface area contributed by atoms with E-state index in [0.29, 0.717) is 38.4 Å². The van der Waals surface area contributed by atoms with Crippen LogP contribution in [0.25, 0.3) is 0 Å². The van der Waals surface area contributed by atoms with Crippen molar-refractivity contribution in [3.63, 3.8) is 0 Å². The normalized spacial score (nSPS) is 24.3. The maximum absolute atomic E-state index is 12.6. The van der Waals surface area contributed by atoms with Gasteiger partial charge in [0.25, 0.3) is 5.91 Å². The molecular formula is C18H26N4O4. The number of methoxy groups -OCH3 is 1. The summed E-state index contributed by atoms with van der Waals surface area (Å²) in [6.45, 7) is 2.47. The van der Waals surface area contributed by atoms with Crippen LogP contribution in [0.15, 0.2) is 12.4 Å². The SMILES string of the molecule is COCC(=O)N1CCC2(CC1)O[C@@H](C(=O)NCC1CC1)Cn1ccnc12. The third kappa shape index (κ3) is 3.35. The zero-order chi connectivity index (χ0) is 18.1. The Balaban J connectivity index is 1.46. The van der Waals surface area contributed by atoms with E-state index in [0.717, 1.165) is 12.4 Å². The van der Waals surface area contributed by atoms with Crippen LogP contribution in [0, 0.1) is 5.92 Å². The van der Waals surface area contributed by atoms with E-state index in [9.17, 15) is 9.59 Å². The Labute approximate surface area is 152 Å². The molecule has 0 unspecified atom stereocenters. The molecule has 1 aliphatic carbocycles. The summed E-state index contributed by atoms with van der Waals surface area (Å²) in [6, 6.07) is 0. The second-order valence-corrected chi connectivity index (χ2v) is 7.51. The number of likely N-dealkylation sites (tertiary alicyclic amines) is 1. The van der Waals surface area contributed by atoms with Crippen LogP contribution in [-0.4, -0.2) is 65.7 Å². The van der Waals surface area contributed by atoms with Crippen molar-refractivity contribution >= 4 is 11.8 Å². The summed E-state index contributed by atoms with van der Waals surface area (Å²) in [5.74, 6) is 1.44. The van der Waals surface area contributed by atoms with Crippen LogP contribution in [0.2, 0.25) is 0 Å². The minimum atomic E-state index is -0.604. The molecule has 1 N–H and O–H groups in total. The first-order valence-electron chi connectivity index (χ1n) is 9.35. The van der Waals surface area contributed by atoms with Crippen LogP contribution in [0.5, 0.6) is 0 Å². The quantitative estimate of drug-likeness (QED) is 0.813. The number of hydrogen-bond donors (Lipinski definition) is 1. The highest BCUT2D eigenvalue weighted by Crippen LogP contribution is 2.40. The van der Waals surface area contributed by atoms with E-state index in [-0.39, 0.29) is 18.4 Å². The van der Waals surface area contributed by atoms with Crippen molar-refractivity contribution in [3.8, 4) is 0 Å². The summed E-state index contributed by atoms with van der Waals surface area (Å²) in [7, 11) is 1.52. The average molecular weight is 362 g/mol. The van der Waals surface area contributed by atoms with Gasteiger partial charge in [-0.2, -0.15) is 0 Å². The molecule has 8 nitrogen and oxygen atoms in total. The molecule has 0 radical (unpaired) electrons. The zero-order valence-corrected chi connectivity index (χ0v) is 15.1. The molecule has 1 atom stereocenters. The third-order valence-corrected chi connectivity index (χ3v) is 5.60. The lowest BCUT2D eigenvalue weighted by molar-refractivity contribution is -0.176. The minimum Gasteiger partial charge on any atom is -0.375 e. The molecule has 2 fully saturated rings. The maximum Gasteiger partial charge on any atom is 0.251 e. The number of imidazole rings is 1. The highest BCUT2D eigenvalue weighted by molar-refractivity contribution is 5.81. The molecule has 0 bridgehead atoms. The second-order valence-electron chi connectivity index (χ2n) is 7.51. The van der Waals surface area contributed by atoms with Crippen molar-refractivity contribution in [2.75, 3.05) is 33.4 Å². The van der Waals surface area contributed by atoms with Gasteiger partial charge in [-0.05, 0) is 18.8 Å². The fraction of sp³-hybridized carbons (Fsp3) is 0.722. The van der Waals surface area contributed by atoms with Crippen LogP contribution in [0.1, 0.15) is 31.5 Å². The number of rotatable bonds is 5. The number of hydrogen-bond acceptors (Lipinski definition) is 5. The molecule has 3 heterocycles. The molecule has 26 heavy (non-hydrogen) atoms. The second kappa shape index (κ2) is 7.00. The number of piperidine rings is 1. The molecule has 1 aromatic heterocycles. The molecular weight excluding hydrogens is 336 g/mol. The van der Waals surface area contributed by atoms with E-state index in [1.54, 1.807) is 11.1 Å². The van der Waals surface area contributed by atoms with Crippen molar-refractivity contribution in [1.29, 1.82) is 0 Å². The van der Waals surface area contributed by atoms with Gasteiger partial charge < -0.3 is 24.3 Å². The highest BCUT2D eigenvalue weighted by Gasteiger charge is 2.47. The van der Waals surface area contributed by atoms with Crippen LogP contribution in [-0.2, 0) is 31.2 Å². The average Bonchev–Trinajstić information content (AvgIpc) is 3.35. The fourth-order valence-corrected chi connectivity index (χ4v) is 3.89. The lowest BCUT2D eigenvalue weighted by Crippen LogP contribution is -2.55. The van der Waals surface area contributed by atoms with Gasteiger partial charge in [-0.25, -0.2) is 4.98 Å². The van der Waals surface area contributed by atoms with Gasteiger partial charge in [0, 0.05) is 52.0 Å². The van der Waals surface area contributed by atoms with E-state index >= 15 is 0 Å². The van der Waals surface area contributed by atoms with Crippen molar-refractivity contribution in [3.05, 3.63) is 18.2 Å². The Morgan fingerprint density at radius 1 is 1.38 bits per heavy atom. The number of fused-ring (bicyclic) bond motifs is 2. The number of nitrogens with one attached hydrogen (secondary N) is 1. The fourth-order valence-electron chi connectivity index (χ4n) is 3.89. The van der Waals surface area contributed by atoms with Gasteiger partial charge in [0.05, 0.1) is 6.54 Å². The summed E-state index contributed by atoms with van der Waals surface area (Å²) in [6.07, 6.45) is 6.81. The Kier molecular flexibility index (Phi) is 4.71. The van der Waals surface area contributed by atoms with Crippen LogP contribution < -0.4 is 5.32 Å². The van der Waals surface area contributed by atoms with Crippen molar-refractivity contribution < 1.29 is 19.1 Å². The molecule has 3 aliphatic rings. The summed E-state index contributed by atoms with van der Waals surface area (Å²) >= 11 is 0. The van der Waals surface area contributed by atoms with Crippen LogP contribution in [0.3, 0.4) is 0 Å².